The van der Waals surface area contributed by atoms with Gasteiger partial charge in [0.2, 0.25) is 0 Å². The Morgan fingerprint density at radius 2 is 1.64 bits per heavy atom. The first-order chi connectivity index (χ1) is 6.58. The topological polar surface area (TPSA) is 104 Å². The molecule has 0 aromatic carbocycles. The van der Waals surface area contributed by atoms with Crippen molar-refractivity contribution in [2.24, 2.45) is 28.9 Å². The van der Waals surface area contributed by atoms with Crippen LogP contribution >= 0.6 is 0 Å². The van der Waals surface area contributed by atoms with E-state index in [1.165, 1.54) is 0 Å². The summed E-state index contributed by atoms with van der Waals surface area (Å²) in [6.07, 6.45) is 4.72. The number of hydrogen-bond donors (Lipinski definition) is 4. The molecular formula is C10H26N4. The molecule has 0 aliphatic rings. The van der Waals surface area contributed by atoms with Crippen molar-refractivity contribution in [1.29, 1.82) is 0 Å². The van der Waals surface area contributed by atoms with Crippen LogP contribution in [0.4, 0.5) is 0 Å². The third-order valence-electron chi connectivity index (χ3n) is 2.82. The van der Waals surface area contributed by atoms with Gasteiger partial charge >= 0.3 is 0 Å². The summed E-state index contributed by atoms with van der Waals surface area (Å²) in [4.78, 5) is 0. The molecule has 14 heavy (non-hydrogen) atoms. The van der Waals surface area contributed by atoms with Crippen molar-refractivity contribution < 1.29 is 0 Å². The summed E-state index contributed by atoms with van der Waals surface area (Å²) in [5.74, 6) is 0.359. The first-order valence-corrected chi connectivity index (χ1v) is 5.56. The van der Waals surface area contributed by atoms with Gasteiger partial charge in [-0.2, -0.15) is 0 Å². The van der Waals surface area contributed by atoms with E-state index in [-0.39, 0.29) is 0 Å². The minimum atomic E-state index is -0.566. The maximum atomic E-state index is 6.08. The van der Waals surface area contributed by atoms with E-state index in [4.69, 9.17) is 22.9 Å². The van der Waals surface area contributed by atoms with Gasteiger partial charge in [-0.25, -0.2) is 0 Å². The van der Waals surface area contributed by atoms with Crippen molar-refractivity contribution in [3.8, 4) is 0 Å². The van der Waals surface area contributed by atoms with Gasteiger partial charge < -0.3 is 22.9 Å². The van der Waals surface area contributed by atoms with Crippen molar-refractivity contribution in [3.63, 3.8) is 0 Å². The normalized spacial score (nSPS) is 14.4. The monoisotopic (exact) mass is 202 g/mol. The van der Waals surface area contributed by atoms with Gasteiger partial charge in [0.05, 0.1) is 5.66 Å². The van der Waals surface area contributed by atoms with Crippen LogP contribution in [0.1, 0.15) is 39.0 Å². The zero-order chi connectivity index (χ0) is 11.0. The second-order valence-electron chi connectivity index (χ2n) is 4.04. The minimum absolute atomic E-state index is 0.359. The average molecular weight is 202 g/mol. The zero-order valence-electron chi connectivity index (χ0n) is 9.34. The van der Waals surface area contributed by atoms with Crippen molar-refractivity contribution in [1.82, 2.24) is 0 Å². The van der Waals surface area contributed by atoms with Crippen LogP contribution in [0.3, 0.4) is 0 Å². The predicted octanol–water partition coefficient (Wildman–Crippen LogP) is 0.104. The van der Waals surface area contributed by atoms with Crippen LogP contribution in [0.5, 0.6) is 0 Å². The molecule has 1 atom stereocenters. The molecule has 4 nitrogen and oxygen atoms in total. The van der Waals surface area contributed by atoms with E-state index in [0.29, 0.717) is 19.0 Å². The molecule has 0 rings (SSSR count). The van der Waals surface area contributed by atoms with Crippen molar-refractivity contribution in [2.45, 2.75) is 44.7 Å². The number of hydrogen-bond acceptors (Lipinski definition) is 4. The second-order valence-corrected chi connectivity index (χ2v) is 4.04. The Bertz CT molecular complexity index is 136. The summed E-state index contributed by atoms with van der Waals surface area (Å²) < 4.78 is 0. The number of nitrogens with two attached hydrogens (primary N) is 4. The summed E-state index contributed by atoms with van der Waals surface area (Å²) in [5, 5.41) is 0. The molecule has 0 amide bonds. The Kier molecular flexibility index (Phi) is 7.09. The second kappa shape index (κ2) is 7.17. The summed E-state index contributed by atoms with van der Waals surface area (Å²) in [5.41, 5.74) is 22.5. The van der Waals surface area contributed by atoms with Gasteiger partial charge in [0.25, 0.3) is 0 Å². The lowest BCUT2D eigenvalue weighted by molar-refractivity contribution is 0.232. The standard InChI is InChI=1S/C10H26N4/c1-2-9(5-3-7-11)10(13,14)6-4-8-12/h9H,2-8,11-14H2,1H3. The fourth-order valence-electron chi connectivity index (χ4n) is 1.83. The van der Waals surface area contributed by atoms with E-state index in [9.17, 15) is 0 Å². The van der Waals surface area contributed by atoms with E-state index < -0.39 is 5.66 Å². The first kappa shape index (κ1) is 13.8. The first-order valence-electron chi connectivity index (χ1n) is 5.56. The van der Waals surface area contributed by atoms with Gasteiger partial charge in [0.15, 0.2) is 0 Å². The van der Waals surface area contributed by atoms with E-state index in [0.717, 1.165) is 32.1 Å². The fraction of sp³-hybridized carbons (Fsp3) is 1.00. The minimum Gasteiger partial charge on any atom is -0.330 e. The molecule has 8 N–H and O–H groups in total. The molecule has 0 bridgehead atoms. The summed E-state index contributed by atoms with van der Waals surface area (Å²) in [6, 6.07) is 0. The Labute approximate surface area is 87.4 Å². The largest absolute Gasteiger partial charge is 0.330 e. The molecule has 0 saturated carbocycles. The molecule has 0 saturated heterocycles. The quantitative estimate of drug-likeness (QED) is 0.419. The van der Waals surface area contributed by atoms with Crippen LogP contribution in [0.2, 0.25) is 0 Å². The maximum Gasteiger partial charge on any atom is 0.0665 e. The van der Waals surface area contributed by atoms with Crippen LogP contribution in [-0.4, -0.2) is 18.8 Å². The maximum absolute atomic E-state index is 6.08. The highest BCUT2D eigenvalue weighted by Gasteiger charge is 2.27. The molecule has 0 radical (unpaired) electrons. The predicted molar refractivity (Wildman–Crippen MR) is 61.5 cm³/mol. The highest BCUT2D eigenvalue weighted by molar-refractivity contribution is 4.84. The Morgan fingerprint density at radius 3 is 2.07 bits per heavy atom. The zero-order valence-corrected chi connectivity index (χ0v) is 9.34. The average Bonchev–Trinajstić information content (AvgIpc) is 2.16. The van der Waals surface area contributed by atoms with Crippen molar-refractivity contribution in [3.05, 3.63) is 0 Å². The fourth-order valence-corrected chi connectivity index (χ4v) is 1.83. The molecule has 0 aromatic heterocycles. The van der Waals surface area contributed by atoms with E-state index in [2.05, 4.69) is 6.92 Å². The van der Waals surface area contributed by atoms with Crippen LogP contribution in [0, 0.1) is 5.92 Å². The van der Waals surface area contributed by atoms with E-state index in [1.54, 1.807) is 0 Å². The molecule has 1 unspecified atom stereocenters. The van der Waals surface area contributed by atoms with Crippen molar-refractivity contribution >= 4 is 0 Å². The highest BCUT2D eigenvalue weighted by atomic mass is 15.0. The Balaban J connectivity index is 4.03. The van der Waals surface area contributed by atoms with Gasteiger partial charge in [0, 0.05) is 0 Å². The van der Waals surface area contributed by atoms with E-state index >= 15 is 0 Å². The molecule has 0 spiro atoms. The van der Waals surface area contributed by atoms with Crippen LogP contribution in [0.25, 0.3) is 0 Å². The van der Waals surface area contributed by atoms with Crippen LogP contribution in [0.15, 0.2) is 0 Å². The third-order valence-corrected chi connectivity index (χ3v) is 2.82. The van der Waals surface area contributed by atoms with Crippen molar-refractivity contribution in [2.75, 3.05) is 13.1 Å². The number of rotatable bonds is 8. The highest BCUT2D eigenvalue weighted by Crippen LogP contribution is 2.22. The lowest BCUT2D eigenvalue weighted by Crippen LogP contribution is -2.55. The summed E-state index contributed by atoms with van der Waals surface area (Å²) >= 11 is 0. The Morgan fingerprint density at radius 1 is 1.07 bits per heavy atom. The SMILES string of the molecule is CCC(CCCN)C(N)(N)CCCN. The molecule has 0 aromatic rings. The third kappa shape index (κ3) is 4.91. The van der Waals surface area contributed by atoms with E-state index in [1.807, 2.05) is 0 Å². The molecule has 0 fully saturated rings. The molecule has 4 heteroatoms. The van der Waals surface area contributed by atoms with Gasteiger partial charge in [-0.3, -0.25) is 0 Å². The molecular weight excluding hydrogens is 176 g/mol. The van der Waals surface area contributed by atoms with Gasteiger partial charge in [0.1, 0.15) is 0 Å². The van der Waals surface area contributed by atoms with Gasteiger partial charge in [-0.05, 0) is 44.7 Å². The van der Waals surface area contributed by atoms with Gasteiger partial charge in [-0.15, -0.1) is 0 Å². The summed E-state index contributed by atoms with van der Waals surface area (Å²) in [6.45, 7) is 3.49. The molecule has 0 heterocycles. The Hall–Kier alpha value is -0.160. The van der Waals surface area contributed by atoms with Gasteiger partial charge in [-0.1, -0.05) is 13.3 Å². The summed E-state index contributed by atoms with van der Waals surface area (Å²) in [7, 11) is 0. The molecule has 0 aliphatic carbocycles. The molecule has 0 aliphatic heterocycles. The lowest BCUT2D eigenvalue weighted by atomic mass is 9.84. The lowest BCUT2D eigenvalue weighted by Gasteiger charge is -2.33. The van der Waals surface area contributed by atoms with Crippen LogP contribution in [-0.2, 0) is 0 Å². The smallest absolute Gasteiger partial charge is 0.0665 e. The molecule has 86 valence electrons. The van der Waals surface area contributed by atoms with Crippen LogP contribution < -0.4 is 22.9 Å².